The Morgan fingerprint density at radius 1 is 1.29 bits per heavy atom. The van der Waals surface area contributed by atoms with Gasteiger partial charge in [0.25, 0.3) is 5.69 Å². The lowest BCUT2D eigenvalue weighted by atomic mass is 10.0. The summed E-state index contributed by atoms with van der Waals surface area (Å²) in [5, 5.41) is 11.0. The molecule has 6 heteroatoms. The highest BCUT2D eigenvalue weighted by Crippen LogP contribution is 2.30. The predicted molar refractivity (Wildman–Crippen MR) is 95.9 cm³/mol. The van der Waals surface area contributed by atoms with E-state index in [1.54, 1.807) is 12.1 Å². The Bertz CT molecular complexity index is 720. The lowest BCUT2D eigenvalue weighted by molar-refractivity contribution is -0.385. The minimum absolute atomic E-state index is 0.0213. The molecule has 2 aromatic carbocycles. The molecule has 1 fully saturated rings. The molecule has 1 aliphatic rings. The highest BCUT2D eigenvalue weighted by atomic mass is 79.9. The fourth-order valence-corrected chi connectivity index (χ4v) is 3.27. The molecule has 1 saturated heterocycles. The van der Waals surface area contributed by atoms with Crippen molar-refractivity contribution in [1.82, 2.24) is 4.90 Å². The maximum Gasteiger partial charge on any atom is 0.269 e. The predicted octanol–water partition coefficient (Wildman–Crippen LogP) is 4.49. The van der Waals surface area contributed by atoms with E-state index in [4.69, 9.17) is 4.74 Å². The van der Waals surface area contributed by atoms with E-state index in [0.717, 1.165) is 28.7 Å². The van der Waals surface area contributed by atoms with Crippen molar-refractivity contribution < 1.29 is 9.66 Å². The maximum absolute atomic E-state index is 11.0. The summed E-state index contributed by atoms with van der Waals surface area (Å²) in [6, 6.07) is 15.1. The molecule has 5 nitrogen and oxygen atoms in total. The summed E-state index contributed by atoms with van der Waals surface area (Å²) in [4.78, 5) is 13.0. The molecule has 0 aromatic heterocycles. The fourth-order valence-electron chi connectivity index (χ4n) is 3.01. The molecular formula is C18H19BrN2O3. The maximum atomic E-state index is 11.0. The van der Waals surface area contributed by atoms with Crippen LogP contribution in [0.3, 0.4) is 0 Å². The molecule has 0 N–H and O–H groups in total. The minimum Gasteiger partial charge on any atom is -0.371 e. The zero-order valence-corrected chi connectivity index (χ0v) is 15.0. The average molecular weight is 391 g/mol. The van der Waals surface area contributed by atoms with E-state index in [0.29, 0.717) is 6.61 Å². The molecule has 0 saturated carbocycles. The van der Waals surface area contributed by atoms with Crippen LogP contribution in [0.4, 0.5) is 5.69 Å². The monoisotopic (exact) mass is 390 g/mol. The first-order chi connectivity index (χ1) is 11.5. The summed E-state index contributed by atoms with van der Waals surface area (Å²) in [6.07, 6.45) is 0.0213. The quantitative estimate of drug-likeness (QED) is 0.569. The number of benzene rings is 2. The Balaban J connectivity index is 1.75. The number of nitro benzene ring substituents is 1. The number of halogens is 1. The molecule has 0 aliphatic carbocycles. The van der Waals surface area contributed by atoms with Gasteiger partial charge in [0.1, 0.15) is 0 Å². The standard InChI is InChI=1S/C18H19BrN2O3/c1-13(15-3-2-4-17(11-15)21(22)23)20-9-10-24-18(12-20)14-5-7-16(19)8-6-14/h2-8,11,13,18H,9-10,12H2,1H3. The van der Waals surface area contributed by atoms with Gasteiger partial charge in [0, 0.05) is 35.7 Å². The summed E-state index contributed by atoms with van der Waals surface area (Å²) in [5.74, 6) is 0. The van der Waals surface area contributed by atoms with Crippen LogP contribution in [0.15, 0.2) is 53.0 Å². The van der Waals surface area contributed by atoms with E-state index in [2.05, 4.69) is 39.9 Å². The van der Waals surface area contributed by atoms with Crippen LogP contribution in [-0.2, 0) is 4.74 Å². The van der Waals surface area contributed by atoms with Gasteiger partial charge in [0.2, 0.25) is 0 Å². The highest BCUT2D eigenvalue weighted by molar-refractivity contribution is 9.10. The summed E-state index contributed by atoms with van der Waals surface area (Å²) < 4.78 is 6.96. The van der Waals surface area contributed by atoms with Crippen molar-refractivity contribution in [3.8, 4) is 0 Å². The van der Waals surface area contributed by atoms with Crippen LogP contribution >= 0.6 is 15.9 Å². The van der Waals surface area contributed by atoms with Crippen LogP contribution in [0.2, 0.25) is 0 Å². The second kappa shape index (κ2) is 7.42. The molecular weight excluding hydrogens is 372 g/mol. The van der Waals surface area contributed by atoms with Gasteiger partial charge in [-0.1, -0.05) is 40.2 Å². The average Bonchev–Trinajstić information content (AvgIpc) is 2.62. The van der Waals surface area contributed by atoms with Crippen molar-refractivity contribution in [2.75, 3.05) is 19.7 Å². The first-order valence-electron chi connectivity index (χ1n) is 7.90. The molecule has 1 heterocycles. The zero-order valence-electron chi connectivity index (χ0n) is 13.4. The molecule has 24 heavy (non-hydrogen) atoms. The Hall–Kier alpha value is -1.76. The summed E-state index contributed by atoms with van der Waals surface area (Å²) in [5.41, 5.74) is 2.24. The van der Waals surface area contributed by atoms with Crippen LogP contribution in [0.1, 0.15) is 30.2 Å². The Morgan fingerprint density at radius 2 is 2.04 bits per heavy atom. The normalized spacial score (nSPS) is 19.8. The Morgan fingerprint density at radius 3 is 2.75 bits per heavy atom. The summed E-state index contributed by atoms with van der Waals surface area (Å²) in [6.45, 7) is 4.32. The molecule has 2 atom stereocenters. The number of nitro groups is 1. The third-order valence-electron chi connectivity index (χ3n) is 4.45. The van der Waals surface area contributed by atoms with Gasteiger partial charge in [0.05, 0.1) is 17.6 Å². The van der Waals surface area contributed by atoms with Gasteiger partial charge in [0.15, 0.2) is 0 Å². The second-order valence-electron chi connectivity index (χ2n) is 5.93. The van der Waals surface area contributed by atoms with Crippen LogP contribution in [0.25, 0.3) is 0 Å². The topological polar surface area (TPSA) is 55.6 Å². The number of hydrogen-bond acceptors (Lipinski definition) is 4. The number of nitrogens with zero attached hydrogens (tertiary/aromatic N) is 2. The number of non-ortho nitro benzene ring substituents is 1. The number of hydrogen-bond donors (Lipinski definition) is 0. The summed E-state index contributed by atoms with van der Waals surface area (Å²) >= 11 is 3.45. The van der Waals surface area contributed by atoms with Crippen LogP contribution in [0, 0.1) is 10.1 Å². The largest absolute Gasteiger partial charge is 0.371 e. The molecule has 0 spiro atoms. The van der Waals surface area contributed by atoms with Gasteiger partial charge in [-0.25, -0.2) is 0 Å². The minimum atomic E-state index is -0.347. The fraction of sp³-hybridized carbons (Fsp3) is 0.333. The summed E-state index contributed by atoms with van der Waals surface area (Å²) in [7, 11) is 0. The van der Waals surface area contributed by atoms with E-state index in [-0.39, 0.29) is 22.8 Å². The van der Waals surface area contributed by atoms with Crippen molar-refractivity contribution >= 4 is 21.6 Å². The van der Waals surface area contributed by atoms with Crippen LogP contribution in [-0.4, -0.2) is 29.5 Å². The third kappa shape index (κ3) is 3.83. The Labute approximate surface area is 149 Å². The molecule has 0 amide bonds. The third-order valence-corrected chi connectivity index (χ3v) is 4.98. The molecule has 126 valence electrons. The number of morpholine rings is 1. The van der Waals surface area contributed by atoms with Crippen molar-refractivity contribution in [3.63, 3.8) is 0 Å². The molecule has 0 bridgehead atoms. The molecule has 3 rings (SSSR count). The van der Waals surface area contributed by atoms with E-state index in [9.17, 15) is 10.1 Å². The van der Waals surface area contributed by atoms with Gasteiger partial charge in [-0.2, -0.15) is 0 Å². The lowest BCUT2D eigenvalue weighted by Crippen LogP contribution is -2.39. The number of ether oxygens (including phenoxy) is 1. The van der Waals surface area contributed by atoms with Gasteiger partial charge in [-0.15, -0.1) is 0 Å². The Kier molecular flexibility index (Phi) is 5.28. The van der Waals surface area contributed by atoms with Crippen molar-refractivity contribution in [2.24, 2.45) is 0 Å². The highest BCUT2D eigenvalue weighted by Gasteiger charge is 2.26. The second-order valence-corrected chi connectivity index (χ2v) is 6.85. The van der Waals surface area contributed by atoms with Crippen LogP contribution in [0.5, 0.6) is 0 Å². The van der Waals surface area contributed by atoms with Crippen molar-refractivity contribution in [3.05, 3.63) is 74.2 Å². The smallest absolute Gasteiger partial charge is 0.269 e. The van der Waals surface area contributed by atoms with E-state index in [1.165, 1.54) is 6.07 Å². The van der Waals surface area contributed by atoms with E-state index in [1.807, 2.05) is 18.2 Å². The first-order valence-corrected chi connectivity index (χ1v) is 8.69. The van der Waals surface area contributed by atoms with E-state index < -0.39 is 0 Å². The molecule has 2 unspecified atom stereocenters. The number of rotatable bonds is 4. The van der Waals surface area contributed by atoms with Crippen LogP contribution < -0.4 is 0 Å². The SMILES string of the molecule is CC(c1cccc([N+](=O)[O-])c1)N1CCOC(c2ccc(Br)cc2)C1. The lowest BCUT2D eigenvalue weighted by Gasteiger charge is -2.37. The van der Waals surface area contributed by atoms with E-state index >= 15 is 0 Å². The van der Waals surface area contributed by atoms with Gasteiger partial charge in [-0.3, -0.25) is 15.0 Å². The van der Waals surface area contributed by atoms with Crippen molar-refractivity contribution in [2.45, 2.75) is 19.1 Å². The zero-order chi connectivity index (χ0) is 17.1. The first kappa shape index (κ1) is 17.1. The van der Waals surface area contributed by atoms with Crippen molar-refractivity contribution in [1.29, 1.82) is 0 Å². The van der Waals surface area contributed by atoms with Gasteiger partial charge >= 0.3 is 0 Å². The van der Waals surface area contributed by atoms with Gasteiger partial charge in [-0.05, 0) is 30.2 Å². The molecule has 1 aliphatic heterocycles. The molecule has 0 radical (unpaired) electrons. The van der Waals surface area contributed by atoms with Gasteiger partial charge < -0.3 is 4.74 Å². The molecule has 2 aromatic rings.